The minimum Gasteiger partial charge on any atom is -0.375 e. The average Bonchev–Trinajstić information content (AvgIpc) is 3.08. The van der Waals surface area contributed by atoms with E-state index in [-0.39, 0.29) is 24.8 Å². The molecule has 20 heavy (non-hydrogen) atoms. The van der Waals surface area contributed by atoms with Gasteiger partial charge in [0.05, 0.1) is 25.4 Å². The molecular weight excluding hydrogens is 299 g/mol. The van der Waals surface area contributed by atoms with Gasteiger partial charge in [0.1, 0.15) is 0 Å². The van der Waals surface area contributed by atoms with Crippen LogP contribution in [0.5, 0.6) is 0 Å². The molecule has 2 aliphatic heterocycles. The van der Waals surface area contributed by atoms with Crippen LogP contribution in [0.15, 0.2) is 0 Å². The van der Waals surface area contributed by atoms with Gasteiger partial charge in [0.2, 0.25) is 0 Å². The van der Waals surface area contributed by atoms with E-state index in [2.05, 4.69) is 10.6 Å². The summed E-state index contributed by atoms with van der Waals surface area (Å²) in [5.74, 6) is 0. The predicted octanol–water partition coefficient (Wildman–Crippen LogP) is 1.90. The Morgan fingerprint density at radius 1 is 0.650 bits per heavy atom. The van der Waals surface area contributed by atoms with E-state index in [1.54, 1.807) is 0 Å². The van der Waals surface area contributed by atoms with E-state index >= 15 is 0 Å². The summed E-state index contributed by atoms with van der Waals surface area (Å²) in [6, 6.07) is 1.39. The summed E-state index contributed by atoms with van der Waals surface area (Å²) < 4.78 is 11.1. The lowest BCUT2D eigenvalue weighted by molar-refractivity contribution is 0.0113. The molecule has 4 atom stereocenters. The second-order valence-corrected chi connectivity index (χ2v) is 5.80. The minimum atomic E-state index is 0. The van der Waals surface area contributed by atoms with Crippen molar-refractivity contribution in [3.8, 4) is 0 Å². The highest BCUT2D eigenvalue weighted by molar-refractivity contribution is 5.85. The minimum absolute atomic E-state index is 0. The van der Waals surface area contributed by atoms with Crippen LogP contribution in [0.3, 0.4) is 0 Å². The Morgan fingerprint density at radius 3 is 1.50 bits per heavy atom. The third kappa shape index (κ3) is 4.72. The van der Waals surface area contributed by atoms with Crippen LogP contribution in [0.4, 0.5) is 0 Å². The highest BCUT2D eigenvalue weighted by Crippen LogP contribution is 2.24. The zero-order valence-electron chi connectivity index (χ0n) is 12.0. The third-order valence-electron chi connectivity index (χ3n) is 4.59. The molecule has 0 aromatic rings. The second-order valence-electron chi connectivity index (χ2n) is 5.80. The fraction of sp³-hybridized carbons (Fsp3) is 1.00. The molecule has 6 heteroatoms. The second kappa shape index (κ2) is 9.44. The van der Waals surface area contributed by atoms with Crippen LogP contribution in [0, 0.1) is 0 Å². The van der Waals surface area contributed by atoms with Crippen LogP contribution in [0.1, 0.15) is 38.5 Å². The van der Waals surface area contributed by atoms with Gasteiger partial charge < -0.3 is 20.1 Å². The van der Waals surface area contributed by atoms with Crippen molar-refractivity contribution in [1.29, 1.82) is 0 Å². The SMILES string of the molecule is C1C[C@@H]2NCCO[C@H]2C1.C1C[C@H]2NCCO[C@@H]2C1.Cl.Cl. The van der Waals surface area contributed by atoms with Gasteiger partial charge >= 0.3 is 0 Å². The summed E-state index contributed by atoms with van der Waals surface area (Å²) in [6.07, 6.45) is 9.01. The lowest BCUT2D eigenvalue weighted by Crippen LogP contribution is -2.44. The summed E-state index contributed by atoms with van der Waals surface area (Å²) in [5, 5.41) is 6.91. The van der Waals surface area contributed by atoms with E-state index in [0.717, 1.165) is 26.3 Å². The van der Waals surface area contributed by atoms with Crippen LogP contribution < -0.4 is 10.6 Å². The molecular formula is C14H28Cl2N2O2. The molecule has 2 N–H and O–H groups in total. The lowest BCUT2D eigenvalue weighted by atomic mass is 10.2. The van der Waals surface area contributed by atoms with Crippen molar-refractivity contribution in [2.45, 2.75) is 62.8 Å². The van der Waals surface area contributed by atoms with Gasteiger partial charge in [0, 0.05) is 25.2 Å². The zero-order chi connectivity index (χ0) is 12.2. The molecule has 2 saturated carbocycles. The topological polar surface area (TPSA) is 42.5 Å². The van der Waals surface area contributed by atoms with Gasteiger partial charge in [-0.2, -0.15) is 0 Å². The van der Waals surface area contributed by atoms with E-state index < -0.39 is 0 Å². The maximum atomic E-state index is 5.54. The summed E-state index contributed by atoms with van der Waals surface area (Å²) in [5.41, 5.74) is 0. The first-order valence-corrected chi connectivity index (χ1v) is 7.63. The van der Waals surface area contributed by atoms with Gasteiger partial charge in [0.25, 0.3) is 0 Å². The molecule has 0 bridgehead atoms. The zero-order valence-corrected chi connectivity index (χ0v) is 13.6. The molecule has 4 aliphatic rings. The van der Waals surface area contributed by atoms with Crippen molar-refractivity contribution in [3.63, 3.8) is 0 Å². The smallest absolute Gasteiger partial charge is 0.0728 e. The normalized spacial score (nSPS) is 38.4. The summed E-state index contributed by atoms with van der Waals surface area (Å²) in [6.45, 7) is 3.95. The lowest BCUT2D eigenvalue weighted by Gasteiger charge is -2.26. The molecule has 0 aromatic carbocycles. The molecule has 120 valence electrons. The van der Waals surface area contributed by atoms with E-state index in [4.69, 9.17) is 9.47 Å². The summed E-state index contributed by atoms with van der Waals surface area (Å²) in [7, 11) is 0. The third-order valence-corrected chi connectivity index (χ3v) is 4.59. The molecule has 4 nitrogen and oxygen atoms in total. The van der Waals surface area contributed by atoms with Gasteiger partial charge in [-0.1, -0.05) is 0 Å². The Labute approximate surface area is 134 Å². The van der Waals surface area contributed by atoms with Gasteiger partial charge in [-0.3, -0.25) is 0 Å². The quantitative estimate of drug-likeness (QED) is 0.713. The van der Waals surface area contributed by atoms with Gasteiger partial charge in [-0.15, -0.1) is 24.8 Å². The van der Waals surface area contributed by atoms with Crippen LogP contribution in [0.2, 0.25) is 0 Å². The van der Waals surface area contributed by atoms with Crippen LogP contribution in [0.25, 0.3) is 0 Å². The number of nitrogens with one attached hydrogen (secondary N) is 2. The Balaban J connectivity index is 0.000000182. The highest BCUT2D eigenvalue weighted by Gasteiger charge is 2.30. The maximum absolute atomic E-state index is 5.54. The number of halogens is 2. The van der Waals surface area contributed by atoms with Crippen LogP contribution in [-0.2, 0) is 9.47 Å². The first-order chi connectivity index (χ1) is 8.93. The van der Waals surface area contributed by atoms with Crippen molar-refractivity contribution < 1.29 is 9.47 Å². The van der Waals surface area contributed by atoms with E-state index in [0.29, 0.717) is 24.3 Å². The summed E-state index contributed by atoms with van der Waals surface area (Å²) >= 11 is 0. The molecule has 2 saturated heterocycles. The highest BCUT2D eigenvalue weighted by atomic mass is 35.5. The van der Waals surface area contributed by atoms with Crippen LogP contribution >= 0.6 is 24.8 Å². The standard InChI is InChI=1S/2C7H13NO.2ClH/c2*1-2-6-7(3-1)9-5-4-8-6;;/h2*6-8H,1-5H2;2*1H/t2*6-,7-;;/m10../s1. The van der Waals surface area contributed by atoms with E-state index in [1.807, 2.05) is 0 Å². The molecule has 0 spiro atoms. The molecule has 0 unspecified atom stereocenters. The molecule has 2 heterocycles. The molecule has 2 aliphatic carbocycles. The Hall–Kier alpha value is 0.420. The fourth-order valence-corrected chi connectivity index (χ4v) is 3.63. The van der Waals surface area contributed by atoms with Crippen molar-refractivity contribution >= 4 is 24.8 Å². The van der Waals surface area contributed by atoms with E-state index in [9.17, 15) is 0 Å². The molecule has 0 radical (unpaired) electrons. The Kier molecular flexibility index (Phi) is 8.72. The number of morpholine rings is 2. The number of ether oxygens (including phenoxy) is 2. The maximum Gasteiger partial charge on any atom is 0.0728 e. The van der Waals surface area contributed by atoms with E-state index in [1.165, 1.54) is 38.5 Å². The van der Waals surface area contributed by atoms with Crippen molar-refractivity contribution in [2.75, 3.05) is 26.3 Å². The monoisotopic (exact) mass is 326 g/mol. The number of fused-ring (bicyclic) bond motifs is 2. The first-order valence-electron chi connectivity index (χ1n) is 7.63. The first kappa shape index (κ1) is 18.5. The average molecular weight is 327 g/mol. The van der Waals surface area contributed by atoms with Gasteiger partial charge in [-0.05, 0) is 38.5 Å². The molecule has 4 rings (SSSR count). The fourth-order valence-electron chi connectivity index (χ4n) is 3.63. The molecule has 0 aromatic heterocycles. The van der Waals surface area contributed by atoms with Gasteiger partial charge in [-0.25, -0.2) is 0 Å². The van der Waals surface area contributed by atoms with Crippen LogP contribution in [-0.4, -0.2) is 50.6 Å². The predicted molar refractivity (Wildman–Crippen MR) is 85.3 cm³/mol. The number of hydrogen-bond acceptors (Lipinski definition) is 4. The number of hydrogen-bond donors (Lipinski definition) is 2. The van der Waals surface area contributed by atoms with Crippen molar-refractivity contribution in [2.24, 2.45) is 0 Å². The van der Waals surface area contributed by atoms with Gasteiger partial charge in [0.15, 0.2) is 0 Å². The Morgan fingerprint density at radius 2 is 1.10 bits per heavy atom. The Bertz CT molecular complexity index is 222. The molecule has 0 amide bonds. The summed E-state index contributed by atoms with van der Waals surface area (Å²) in [4.78, 5) is 0. The number of rotatable bonds is 0. The van der Waals surface area contributed by atoms with Crippen molar-refractivity contribution in [3.05, 3.63) is 0 Å². The molecule has 4 fully saturated rings. The largest absolute Gasteiger partial charge is 0.375 e. The van der Waals surface area contributed by atoms with Crippen molar-refractivity contribution in [1.82, 2.24) is 10.6 Å².